The van der Waals surface area contributed by atoms with Crippen LogP contribution in [0.15, 0.2) is 0 Å². The molecule has 0 aromatic heterocycles. The molecule has 0 nitrogen and oxygen atoms in total. The Morgan fingerprint density at radius 1 is 1.00 bits per heavy atom. The standard InChI is InChI=1S/CF4.Na.H/c2-1(3,4)5;;/q;+1;-1. The maximum Gasteiger partial charge on any atom is 1.00 e. The molecule has 0 rings (SSSR count). The van der Waals surface area contributed by atoms with E-state index >= 15 is 0 Å². The molecule has 0 atom stereocenters. The molecule has 5 heteroatoms. The van der Waals surface area contributed by atoms with Gasteiger partial charge in [0.15, 0.2) is 0 Å². The van der Waals surface area contributed by atoms with Crippen molar-refractivity contribution in [2.75, 3.05) is 0 Å². The number of halogens is 4. The van der Waals surface area contributed by atoms with Crippen molar-refractivity contribution in [1.29, 1.82) is 0 Å². The molecule has 0 aliphatic rings. The number of hydrogen-bond donors (Lipinski definition) is 0. The number of alkyl halides is 4. The summed E-state index contributed by atoms with van der Waals surface area (Å²) < 4.78 is 38.8. The first-order valence-electron chi connectivity index (χ1n) is 0.756. The summed E-state index contributed by atoms with van der Waals surface area (Å²) in [4.78, 5) is 0. The van der Waals surface area contributed by atoms with Crippen molar-refractivity contribution in [1.82, 2.24) is 0 Å². The van der Waals surface area contributed by atoms with E-state index in [-0.39, 0.29) is 31.0 Å². The van der Waals surface area contributed by atoms with Crippen molar-refractivity contribution in [3.05, 3.63) is 0 Å². The van der Waals surface area contributed by atoms with Crippen LogP contribution in [-0.2, 0) is 0 Å². The molecule has 0 saturated carbocycles. The van der Waals surface area contributed by atoms with Gasteiger partial charge in [-0.05, 0) is 0 Å². The summed E-state index contributed by atoms with van der Waals surface area (Å²) in [6, 6.07) is 0. The Kier molecular flexibility index (Phi) is 4.64. The van der Waals surface area contributed by atoms with E-state index in [2.05, 4.69) is 0 Å². The van der Waals surface area contributed by atoms with Gasteiger partial charge < -0.3 is 1.43 Å². The number of hydrogen-bond acceptors (Lipinski definition) is 0. The molecule has 0 aromatic carbocycles. The minimum absolute atomic E-state index is 0. The molecule has 0 unspecified atom stereocenters. The average molecular weight is 112 g/mol. The molecule has 0 bridgehead atoms. The van der Waals surface area contributed by atoms with Gasteiger partial charge >= 0.3 is 36.0 Å². The van der Waals surface area contributed by atoms with Gasteiger partial charge in [-0.15, -0.1) is 17.6 Å². The predicted molar refractivity (Wildman–Crippen MR) is 8.28 cm³/mol. The molecular formula is CHF4Na. The molecule has 6 heavy (non-hydrogen) atoms. The third-order valence-electron chi connectivity index (χ3n) is 0. The number of rotatable bonds is 0. The van der Waals surface area contributed by atoms with Crippen LogP contribution in [0.2, 0.25) is 0 Å². The van der Waals surface area contributed by atoms with Crippen molar-refractivity contribution in [2.45, 2.75) is 6.43 Å². The molecule has 0 N–H and O–H groups in total. The molecule has 0 spiro atoms. The second-order valence-electron chi connectivity index (χ2n) is 0.429. The van der Waals surface area contributed by atoms with Crippen LogP contribution < -0.4 is 29.6 Å². The van der Waals surface area contributed by atoms with Gasteiger partial charge in [0.05, 0.1) is 0 Å². The van der Waals surface area contributed by atoms with Crippen molar-refractivity contribution >= 4 is 0 Å². The summed E-state index contributed by atoms with van der Waals surface area (Å²) in [6.07, 6.45) is -5.50. The maximum atomic E-state index is 9.69. The van der Waals surface area contributed by atoms with E-state index in [1.165, 1.54) is 0 Å². The van der Waals surface area contributed by atoms with E-state index < -0.39 is 6.43 Å². The largest absolute Gasteiger partial charge is 1.00 e. The zero-order valence-electron chi connectivity index (χ0n) is 4.01. The van der Waals surface area contributed by atoms with Crippen LogP contribution in [-0.4, -0.2) is 6.43 Å². The Morgan fingerprint density at radius 2 is 1.00 bits per heavy atom. The van der Waals surface area contributed by atoms with E-state index in [9.17, 15) is 17.6 Å². The zero-order chi connectivity index (χ0) is 4.50. The van der Waals surface area contributed by atoms with Gasteiger partial charge in [-0.3, -0.25) is 0 Å². The van der Waals surface area contributed by atoms with Gasteiger partial charge in [0, 0.05) is 0 Å². The van der Waals surface area contributed by atoms with Crippen LogP contribution >= 0.6 is 0 Å². The van der Waals surface area contributed by atoms with Crippen LogP contribution in [0.25, 0.3) is 0 Å². The monoisotopic (exact) mass is 112 g/mol. The first-order valence-corrected chi connectivity index (χ1v) is 0.756. The van der Waals surface area contributed by atoms with E-state index in [1.54, 1.807) is 0 Å². The Bertz CT molecular complexity index is 27.2. The molecule has 0 radical (unpaired) electrons. The molecular weight excluding hydrogens is 111 g/mol. The molecule has 0 aliphatic carbocycles. The van der Waals surface area contributed by atoms with Crippen molar-refractivity contribution in [2.24, 2.45) is 0 Å². The molecule has 0 amide bonds. The van der Waals surface area contributed by atoms with Crippen molar-refractivity contribution in [3.8, 4) is 0 Å². The van der Waals surface area contributed by atoms with Gasteiger partial charge in [0.1, 0.15) is 0 Å². The Morgan fingerprint density at radius 3 is 1.00 bits per heavy atom. The van der Waals surface area contributed by atoms with Crippen LogP contribution in [0.4, 0.5) is 17.6 Å². The zero-order valence-corrected chi connectivity index (χ0v) is 5.01. The van der Waals surface area contributed by atoms with E-state index in [1.807, 2.05) is 0 Å². The van der Waals surface area contributed by atoms with E-state index in [0.717, 1.165) is 0 Å². The summed E-state index contributed by atoms with van der Waals surface area (Å²) in [5, 5.41) is 0. The normalized spacial score (nSPS) is 10.0. The van der Waals surface area contributed by atoms with Gasteiger partial charge in [0.25, 0.3) is 0 Å². The Balaban J connectivity index is -0.0000000800. The van der Waals surface area contributed by atoms with Gasteiger partial charge in [-0.2, -0.15) is 0 Å². The molecule has 0 fully saturated rings. The Hall–Kier alpha value is 0.720. The fourth-order valence-corrected chi connectivity index (χ4v) is 0. The maximum absolute atomic E-state index is 9.69. The van der Waals surface area contributed by atoms with Crippen molar-refractivity contribution < 1.29 is 48.5 Å². The first kappa shape index (κ1) is 9.87. The van der Waals surface area contributed by atoms with Gasteiger partial charge in [-0.1, -0.05) is 0 Å². The molecule has 0 aliphatic heterocycles. The predicted octanol–water partition coefficient (Wildman–Crippen LogP) is -1.41. The Labute approximate surface area is 55.3 Å². The summed E-state index contributed by atoms with van der Waals surface area (Å²) in [6.45, 7) is 0. The summed E-state index contributed by atoms with van der Waals surface area (Å²) in [5.74, 6) is 0. The van der Waals surface area contributed by atoms with Crippen molar-refractivity contribution in [3.63, 3.8) is 0 Å². The van der Waals surface area contributed by atoms with E-state index in [4.69, 9.17) is 0 Å². The van der Waals surface area contributed by atoms with Crippen LogP contribution in [0.1, 0.15) is 1.43 Å². The fraction of sp³-hybridized carbons (Fsp3) is 1.00. The van der Waals surface area contributed by atoms with E-state index in [0.29, 0.717) is 0 Å². The topological polar surface area (TPSA) is 0 Å². The molecule has 0 aromatic rings. The smallest absolute Gasteiger partial charge is 1.00 e. The third-order valence-corrected chi connectivity index (χ3v) is 0. The third kappa shape index (κ3) is 126. The van der Waals surface area contributed by atoms with Gasteiger partial charge in [0.2, 0.25) is 0 Å². The summed E-state index contributed by atoms with van der Waals surface area (Å²) >= 11 is 0. The van der Waals surface area contributed by atoms with Crippen LogP contribution in [0, 0.1) is 0 Å². The van der Waals surface area contributed by atoms with Gasteiger partial charge in [-0.25, -0.2) is 0 Å². The average Bonchev–Trinajstić information content (AvgIpc) is 0.722. The second kappa shape index (κ2) is 2.82. The van der Waals surface area contributed by atoms with Crippen LogP contribution in [0.5, 0.6) is 0 Å². The molecule has 34 valence electrons. The summed E-state index contributed by atoms with van der Waals surface area (Å²) in [7, 11) is 0. The second-order valence-corrected chi connectivity index (χ2v) is 0.429. The fourth-order valence-electron chi connectivity index (χ4n) is 0. The SMILES string of the molecule is FC(F)(F)F.[H-].[Na+]. The van der Waals surface area contributed by atoms with Crippen LogP contribution in [0.3, 0.4) is 0 Å². The first-order chi connectivity index (χ1) is 2.00. The molecule has 0 saturated heterocycles. The quantitative estimate of drug-likeness (QED) is 0.267. The molecule has 0 heterocycles. The summed E-state index contributed by atoms with van der Waals surface area (Å²) in [5.41, 5.74) is 0. The minimum atomic E-state index is -5.50. The minimum Gasteiger partial charge on any atom is -1.00 e.